The van der Waals surface area contributed by atoms with Gasteiger partial charge in [-0.2, -0.15) is 4.99 Å². The fraction of sp³-hybridized carbons (Fsp3) is 0.240. The molecule has 1 aromatic heterocycles. The number of rotatable bonds is 5. The van der Waals surface area contributed by atoms with E-state index in [1.807, 2.05) is 53.2 Å². The predicted molar refractivity (Wildman–Crippen MR) is 124 cm³/mol. The average Bonchev–Trinajstić information content (AvgIpc) is 2.80. The second-order valence-corrected chi connectivity index (χ2v) is 8.68. The molecule has 0 spiro atoms. The van der Waals surface area contributed by atoms with Crippen molar-refractivity contribution in [3.8, 4) is 0 Å². The number of hydrogen-bond donors (Lipinski definition) is 0. The Bertz CT molecular complexity index is 1150. The van der Waals surface area contributed by atoms with Crippen LogP contribution in [0.25, 0.3) is 0 Å². The minimum absolute atomic E-state index is 0.0307. The van der Waals surface area contributed by atoms with Crippen molar-refractivity contribution in [3.63, 3.8) is 0 Å². The third-order valence-electron chi connectivity index (χ3n) is 5.21. The lowest BCUT2D eigenvalue weighted by Crippen LogP contribution is -2.35. The lowest BCUT2D eigenvalue weighted by Gasteiger charge is -2.28. The summed E-state index contributed by atoms with van der Waals surface area (Å²) in [5, 5.41) is 0. The smallest absolute Gasteiger partial charge is 0.248 e. The zero-order valence-corrected chi connectivity index (χ0v) is 18.3. The summed E-state index contributed by atoms with van der Waals surface area (Å²) in [7, 11) is 0. The molecule has 2 aromatic carbocycles. The molecule has 31 heavy (non-hydrogen) atoms. The maximum absolute atomic E-state index is 12.8. The van der Waals surface area contributed by atoms with Gasteiger partial charge >= 0.3 is 0 Å². The molecule has 0 radical (unpaired) electrons. The molecule has 0 saturated heterocycles. The molecule has 0 saturated carbocycles. The average molecular weight is 432 g/mol. The minimum atomic E-state index is -0.281. The number of thioether (sulfide) groups is 1. The first-order chi connectivity index (χ1) is 15.1. The summed E-state index contributed by atoms with van der Waals surface area (Å²) in [5.74, 6) is 0.554. The van der Waals surface area contributed by atoms with Gasteiger partial charge in [0.25, 0.3) is 0 Å². The first-order valence-corrected chi connectivity index (χ1v) is 11.4. The molecule has 5 nitrogen and oxygen atoms in total. The summed E-state index contributed by atoms with van der Waals surface area (Å²) in [6.07, 6.45) is 2.18. The van der Waals surface area contributed by atoms with Gasteiger partial charge in [0.05, 0.1) is 5.69 Å². The Balaban J connectivity index is 1.43. The van der Waals surface area contributed by atoms with Gasteiger partial charge in [-0.15, -0.1) is 11.8 Å². The van der Waals surface area contributed by atoms with Crippen LogP contribution in [0.2, 0.25) is 0 Å². The van der Waals surface area contributed by atoms with Gasteiger partial charge in [-0.1, -0.05) is 48.0 Å². The second kappa shape index (κ2) is 9.79. The summed E-state index contributed by atoms with van der Waals surface area (Å²) in [4.78, 5) is 32.5. The van der Waals surface area contributed by atoms with Crippen LogP contribution in [0.4, 0.5) is 5.69 Å². The molecule has 1 aliphatic rings. The first-order valence-electron chi connectivity index (χ1n) is 10.4. The number of aromatic nitrogens is 1. The molecule has 0 bridgehead atoms. The van der Waals surface area contributed by atoms with Gasteiger partial charge in [-0.05, 0) is 36.8 Å². The topological polar surface area (TPSA) is 54.7 Å². The van der Waals surface area contributed by atoms with Crippen molar-refractivity contribution >= 4 is 29.3 Å². The van der Waals surface area contributed by atoms with Crippen LogP contribution in [-0.2, 0) is 16.1 Å². The van der Waals surface area contributed by atoms with Crippen molar-refractivity contribution in [1.82, 2.24) is 4.57 Å². The van der Waals surface area contributed by atoms with Crippen molar-refractivity contribution in [2.75, 3.05) is 17.2 Å². The molecule has 0 fully saturated rings. The predicted octanol–water partition coefficient (Wildman–Crippen LogP) is 4.19. The lowest BCUT2D eigenvalue weighted by atomic mass is 10.1. The SMILES string of the molecule is Cc1ccc(Cn2ccccc2=NC(=O)CCC(=O)N2CCSc3ccccc32)cc1. The lowest BCUT2D eigenvalue weighted by molar-refractivity contribution is -0.123. The Labute approximate surface area is 186 Å². The van der Waals surface area contributed by atoms with Crippen LogP contribution in [-0.4, -0.2) is 28.7 Å². The van der Waals surface area contributed by atoms with Crippen molar-refractivity contribution in [3.05, 3.63) is 89.5 Å². The number of carbonyl (C=O) groups excluding carboxylic acids is 2. The molecule has 6 heteroatoms. The molecule has 3 aromatic rings. The van der Waals surface area contributed by atoms with Crippen LogP contribution in [0.3, 0.4) is 0 Å². The Morgan fingerprint density at radius 2 is 1.74 bits per heavy atom. The van der Waals surface area contributed by atoms with E-state index in [0.717, 1.165) is 21.9 Å². The molecule has 0 unspecified atom stereocenters. The molecule has 4 rings (SSSR count). The van der Waals surface area contributed by atoms with Gasteiger partial charge in [-0.25, -0.2) is 0 Å². The molecule has 0 atom stereocenters. The standard InChI is InChI=1S/C25H25N3O2S/c1-19-9-11-20(12-10-19)18-27-15-5-4-8-23(27)26-24(29)13-14-25(30)28-16-17-31-22-7-3-2-6-21(22)28/h2-12,15H,13-14,16-18H2,1H3. The number of para-hydroxylation sites is 1. The van der Waals surface area contributed by atoms with Gasteiger partial charge in [0.2, 0.25) is 11.8 Å². The van der Waals surface area contributed by atoms with Crippen molar-refractivity contribution < 1.29 is 9.59 Å². The third-order valence-corrected chi connectivity index (χ3v) is 6.25. The van der Waals surface area contributed by atoms with E-state index in [2.05, 4.69) is 36.2 Å². The van der Waals surface area contributed by atoms with E-state index in [1.165, 1.54) is 5.56 Å². The van der Waals surface area contributed by atoms with E-state index in [9.17, 15) is 9.59 Å². The fourth-order valence-corrected chi connectivity index (χ4v) is 4.55. The highest BCUT2D eigenvalue weighted by Crippen LogP contribution is 2.34. The van der Waals surface area contributed by atoms with Gasteiger partial charge in [0.1, 0.15) is 5.49 Å². The minimum Gasteiger partial charge on any atom is -0.329 e. The monoisotopic (exact) mass is 431 g/mol. The quantitative estimate of drug-likeness (QED) is 0.609. The molecule has 2 amide bonds. The highest BCUT2D eigenvalue weighted by atomic mass is 32.2. The Morgan fingerprint density at radius 3 is 2.58 bits per heavy atom. The van der Waals surface area contributed by atoms with Crippen LogP contribution >= 0.6 is 11.8 Å². The number of fused-ring (bicyclic) bond motifs is 1. The third kappa shape index (κ3) is 5.33. The summed E-state index contributed by atoms with van der Waals surface area (Å²) in [6, 6.07) is 21.8. The van der Waals surface area contributed by atoms with E-state index in [-0.39, 0.29) is 24.7 Å². The van der Waals surface area contributed by atoms with Crippen LogP contribution in [0.1, 0.15) is 24.0 Å². The first kappa shape index (κ1) is 21.1. The van der Waals surface area contributed by atoms with Crippen molar-refractivity contribution in [1.29, 1.82) is 0 Å². The number of nitrogens with zero attached hydrogens (tertiary/aromatic N) is 3. The molecular formula is C25H25N3O2S. The van der Waals surface area contributed by atoms with E-state index in [1.54, 1.807) is 16.7 Å². The number of anilines is 1. The zero-order valence-electron chi connectivity index (χ0n) is 17.5. The van der Waals surface area contributed by atoms with Crippen LogP contribution in [0, 0.1) is 6.92 Å². The maximum atomic E-state index is 12.8. The highest BCUT2D eigenvalue weighted by molar-refractivity contribution is 7.99. The zero-order chi connectivity index (χ0) is 21.6. The summed E-state index contributed by atoms with van der Waals surface area (Å²) in [6.45, 7) is 3.36. The number of carbonyl (C=O) groups is 2. The van der Waals surface area contributed by atoms with Gasteiger partial charge in [0.15, 0.2) is 0 Å². The van der Waals surface area contributed by atoms with Gasteiger partial charge < -0.3 is 9.47 Å². The van der Waals surface area contributed by atoms with Crippen molar-refractivity contribution in [2.45, 2.75) is 31.2 Å². The molecular weight excluding hydrogens is 406 g/mol. The van der Waals surface area contributed by atoms with Crippen LogP contribution in [0.15, 0.2) is 82.8 Å². The largest absolute Gasteiger partial charge is 0.329 e. The maximum Gasteiger partial charge on any atom is 0.248 e. The number of benzene rings is 2. The highest BCUT2D eigenvalue weighted by Gasteiger charge is 2.22. The molecule has 158 valence electrons. The number of aryl methyl sites for hydroxylation is 1. The van der Waals surface area contributed by atoms with Crippen LogP contribution < -0.4 is 10.4 Å². The fourth-order valence-electron chi connectivity index (χ4n) is 3.55. The number of amides is 2. The van der Waals surface area contributed by atoms with Gasteiger partial charge in [0, 0.05) is 42.8 Å². The molecule has 1 aliphatic heterocycles. The van der Waals surface area contributed by atoms with E-state index >= 15 is 0 Å². The van der Waals surface area contributed by atoms with Crippen LogP contribution in [0.5, 0.6) is 0 Å². The molecule has 2 heterocycles. The van der Waals surface area contributed by atoms with E-state index in [4.69, 9.17) is 0 Å². The second-order valence-electron chi connectivity index (χ2n) is 7.54. The Hall–Kier alpha value is -3.12. The normalized spacial score (nSPS) is 13.7. The summed E-state index contributed by atoms with van der Waals surface area (Å²) in [5.41, 5.74) is 3.89. The van der Waals surface area contributed by atoms with Gasteiger partial charge in [-0.3, -0.25) is 9.59 Å². The number of hydrogen-bond acceptors (Lipinski definition) is 3. The summed E-state index contributed by atoms with van der Waals surface area (Å²) >= 11 is 1.76. The van der Waals surface area contributed by atoms with Crippen molar-refractivity contribution in [2.24, 2.45) is 4.99 Å². The molecule has 0 N–H and O–H groups in total. The van der Waals surface area contributed by atoms with E-state index in [0.29, 0.717) is 18.6 Å². The summed E-state index contributed by atoms with van der Waals surface area (Å²) < 4.78 is 1.95. The Morgan fingerprint density at radius 1 is 0.968 bits per heavy atom. The number of pyridine rings is 1. The van der Waals surface area contributed by atoms with E-state index < -0.39 is 0 Å². The Kier molecular flexibility index (Phi) is 6.67. The molecule has 0 aliphatic carbocycles.